The number of benzene rings is 1. The van der Waals surface area contributed by atoms with Gasteiger partial charge in [0.2, 0.25) is 0 Å². The number of hydrogen-bond donors (Lipinski definition) is 0. The minimum absolute atomic E-state index is 0.350. The maximum atomic E-state index is 12.5. The van der Waals surface area contributed by atoms with Gasteiger partial charge in [0.1, 0.15) is 16.9 Å². The monoisotopic (exact) mass is 386 g/mol. The van der Waals surface area contributed by atoms with Crippen LogP contribution in [0.15, 0.2) is 45.1 Å². The van der Waals surface area contributed by atoms with Crippen molar-refractivity contribution in [3.05, 3.63) is 51.9 Å². The minimum atomic E-state index is -0.990. The van der Waals surface area contributed by atoms with E-state index in [0.717, 1.165) is 0 Å². The van der Waals surface area contributed by atoms with E-state index in [0.29, 0.717) is 27.9 Å². The molecule has 0 aliphatic carbocycles. The Hall–Kier alpha value is -3.09. The van der Waals surface area contributed by atoms with Gasteiger partial charge in [0.05, 0.1) is 0 Å². The first-order valence-electron chi connectivity index (χ1n) is 8.90. The molecule has 0 unspecified atom stereocenters. The second-order valence-corrected chi connectivity index (χ2v) is 7.22. The van der Waals surface area contributed by atoms with E-state index < -0.39 is 35.4 Å². The summed E-state index contributed by atoms with van der Waals surface area (Å²) in [6.07, 6.45) is -0.107. The highest BCUT2D eigenvalue weighted by atomic mass is 16.6. The van der Waals surface area contributed by atoms with Crippen LogP contribution in [-0.4, -0.2) is 23.6 Å². The number of carbonyl (C=O) groups is 2. The van der Waals surface area contributed by atoms with E-state index in [1.165, 1.54) is 13.0 Å². The Kier molecular flexibility index (Phi) is 5.02. The predicted octanol–water partition coefficient (Wildman–Crippen LogP) is 3.45. The van der Waals surface area contributed by atoms with Gasteiger partial charge in [-0.1, -0.05) is 6.08 Å². The third kappa shape index (κ3) is 3.65. The molecular formula is C21H22O7. The SMILES string of the molecule is C/C=C(/C)C(=O)O[C@@H]1c2cc3ccc(=O)oc3cc2OC(C)(C)[C@H]1OC(C)=O. The fraction of sp³-hybridized carbons (Fsp3) is 0.381. The molecule has 2 atom stereocenters. The van der Waals surface area contributed by atoms with Crippen LogP contribution < -0.4 is 10.4 Å². The van der Waals surface area contributed by atoms with Gasteiger partial charge in [-0.05, 0) is 39.8 Å². The van der Waals surface area contributed by atoms with Crippen molar-refractivity contribution in [2.75, 3.05) is 0 Å². The molecule has 0 saturated carbocycles. The molecule has 1 aliphatic rings. The van der Waals surface area contributed by atoms with E-state index in [-0.39, 0.29) is 0 Å². The van der Waals surface area contributed by atoms with Crippen molar-refractivity contribution in [2.45, 2.75) is 52.4 Å². The molecule has 1 aromatic heterocycles. The van der Waals surface area contributed by atoms with E-state index in [2.05, 4.69) is 0 Å². The largest absolute Gasteiger partial charge is 0.483 e. The first kappa shape index (κ1) is 19.7. The molecule has 2 aromatic rings. The van der Waals surface area contributed by atoms with Gasteiger partial charge in [-0.15, -0.1) is 0 Å². The Balaban J connectivity index is 2.18. The zero-order chi connectivity index (χ0) is 20.6. The summed E-state index contributed by atoms with van der Waals surface area (Å²) in [5, 5.41) is 0.632. The average molecular weight is 386 g/mol. The Bertz CT molecular complexity index is 1030. The summed E-state index contributed by atoms with van der Waals surface area (Å²) in [5.74, 6) is -0.639. The van der Waals surface area contributed by atoms with Crippen LogP contribution in [0.25, 0.3) is 11.0 Å². The van der Waals surface area contributed by atoms with E-state index >= 15 is 0 Å². The number of esters is 2. The van der Waals surface area contributed by atoms with Crippen LogP contribution in [0.2, 0.25) is 0 Å². The molecule has 148 valence electrons. The third-order valence-corrected chi connectivity index (χ3v) is 4.67. The quantitative estimate of drug-likeness (QED) is 0.453. The number of rotatable bonds is 3. The molecule has 0 fully saturated rings. The average Bonchev–Trinajstić information content (AvgIpc) is 2.61. The summed E-state index contributed by atoms with van der Waals surface area (Å²) in [7, 11) is 0. The van der Waals surface area contributed by atoms with Crippen molar-refractivity contribution in [1.82, 2.24) is 0 Å². The molecule has 0 saturated heterocycles. The van der Waals surface area contributed by atoms with Gasteiger partial charge in [0.15, 0.2) is 12.2 Å². The van der Waals surface area contributed by atoms with Gasteiger partial charge < -0.3 is 18.6 Å². The maximum absolute atomic E-state index is 12.5. The zero-order valence-corrected chi connectivity index (χ0v) is 16.4. The zero-order valence-electron chi connectivity index (χ0n) is 16.4. The molecule has 0 N–H and O–H groups in total. The van der Waals surface area contributed by atoms with E-state index in [4.69, 9.17) is 18.6 Å². The molecule has 1 aromatic carbocycles. The molecule has 0 amide bonds. The topological polar surface area (TPSA) is 92.0 Å². The molecule has 7 nitrogen and oxygen atoms in total. The fourth-order valence-corrected chi connectivity index (χ4v) is 3.13. The molecule has 3 rings (SSSR count). The maximum Gasteiger partial charge on any atom is 0.336 e. The van der Waals surface area contributed by atoms with Crippen LogP contribution in [0.5, 0.6) is 5.75 Å². The number of allylic oxidation sites excluding steroid dienone is 1. The van der Waals surface area contributed by atoms with Gasteiger partial charge >= 0.3 is 17.6 Å². The first-order chi connectivity index (χ1) is 13.1. The summed E-state index contributed by atoms with van der Waals surface area (Å²) >= 11 is 0. The smallest absolute Gasteiger partial charge is 0.336 e. The lowest BCUT2D eigenvalue weighted by Gasteiger charge is -2.43. The lowest BCUT2D eigenvalue weighted by molar-refractivity contribution is -0.187. The third-order valence-electron chi connectivity index (χ3n) is 4.67. The summed E-state index contributed by atoms with van der Waals surface area (Å²) in [4.78, 5) is 35.7. The van der Waals surface area contributed by atoms with Gasteiger partial charge in [0.25, 0.3) is 0 Å². The summed E-state index contributed by atoms with van der Waals surface area (Å²) in [6, 6.07) is 6.21. The first-order valence-corrected chi connectivity index (χ1v) is 8.90. The normalized spacial score (nSPS) is 20.8. The molecule has 0 bridgehead atoms. The van der Waals surface area contributed by atoms with Crippen LogP contribution in [0, 0.1) is 0 Å². The van der Waals surface area contributed by atoms with Gasteiger partial charge in [0, 0.05) is 35.6 Å². The van der Waals surface area contributed by atoms with E-state index in [9.17, 15) is 14.4 Å². The fourth-order valence-electron chi connectivity index (χ4n) is 3.13. The minimum Gasteiger partial charge on any atom is -0.483 e. The molecule has 2 heterocycles. The number of fused-ring (bicyclic) bond motifs is 2. The van der Waals surface area contributed by atoms with Crippen LogP contribution in [0.3, 0.4) is 0 Å². The van der Waals surface area contributed by atoms with Gasteiger partial charge in [-0.25, -0.2) is 9.59 Å². The molecular weight excluding hydrogens is 364 g/mol. The van der Waals surface area contributed by atoms with Crippen molar-refractivity contribution < 1.29 is 28.2 Å². The van der Waals surface area contributed by atoms with Crippen LogP contribution in [-0.2, 0) is 19.1 Å². The molecule has 0 radical (unpaired) electrons. The van der Waals surface area contributed by atoms with E-state index in [1.54, 1.807) is 52.0 Å². The molecule has 0 spiro atoms. The van der Waals surface area contributed by atoms with Crippen molar-refractivity contribution in [3.8, 4) is 5.75 Å². The van der Waals surface area contributed by atoms with Crippen LogP contribution >= 0.6 is 0 Å². The summed E-state index contributed by atoms with van der Waals surface area (Å²) < 4.78 is 22.5. The number of ether oxygens (including phenoxy) is 3. The lowest BCUT2D eigenvalue weighted by Crippen LogP contribution is -2.52. The molecule has 28 heavy (non-hydrogen) atoms. The summed E-state index contributed by atoms with van der Waals surface area (Å²) in [5.41, 5.74) is -0.158. The molecule has 1 aliphatic heterocycles. The second kappa shape index (κ2) is 7.14. The van der Waals surface area contributed by atoms with Crippen molar-refractivity contribution >= 4 is 22.9 Å². The highest BCUT2D eigenvalue weighted by Crippen LogP contribution is 2.45. The van der Waals surface area contributed by atoms with E-state index in [1.807, 2.05) is 0 Å². The highest BCUT2D eigenvalue weighted by molar-refractivity contribution is 5.88. The Morgan fingerprint density at radius 2 is 1.86 bits per heavy atom. The lowest BCUT2D eigenvalue weighted by atomic mass is 9.87. The number of hydrogen-bond acceptors (Lipinski definition) is 7. The van der Waals surface area contributed by atoms with Crippen molar-refractivity contribution in [2.24, 2.45) is 0 Å². The second-order valence-electron chi connectivity index (χ2n) is 7.22. The van der Waals surface area contributed by atoms with Crippen molar-refractivity contribution in [3.63, 3.8) is 0 Å². The van der Waals surface area contributed by atoms with Gasteiger partial charge in [-0.2, -0.15) is 0 Å². The van der Waals surface area contributed by atoms with Crippen molar-refractivity contribution in [1.29, 1.82) is 0 Å². The highest BCUT2D eigenvalue weighted by Gasteiger charge is 2.48. The Morgan fingerprint density at radius 1 is 1.14 bits per heavy atom. The Morgan fingerprint density at radius 3 is 2.50 bits per heavy atom. The van der Waals surface area contributed by atoms with Crippen LogP contribution in [0.1, 0.15) is 46.3 Å². The molecule has 7 heteroatoms. The predicted molar refractivity (Wildman–Crippen MR) is 101 cm³/mol. The number of carbonyl (C=O) groups excluding carboxylic acids is 2. The standard InChI is InChI=1S/C21H22O7/c1-6-11(2)20(24)27-18-14-9-13-7-8-17(23)26-15(13)10-16(14)28-21(4,5)19(18)25-12(3)22/h6-10,18-19H,1-5H3/b11-6-/t18-,19+/m1/s1. The summed E-state index contributed by atoms with van der Waals surface area (Å²) in [6.45, 7) is 8.13. The Labute approximate surface area is 161 Å². The van der Waals surface area contributed by atoms with Crippen LogP contribution in [0.4, 0.5) is 0 Å². The van der Waals surface area contributed by atoms with Gasteiger partial charge in [-0.3, -0.25) is 4.79 Å².